The molecule has 0 radical (unpaired) electrons. The number of halogens is 3. The standard InChI is InChI=1S/C13H11Cl3N2O3/c1-6-7(2-11(21-6)13(19)18-17)5-20-12-9(15)3-8(14)4-10(12)16/h2-4H,5,17H2,1H3,(H,18,19). The van der Waals surface area contributed by atoms with Gasteiger partial charge >= 0.3 is 5.91 Å². The molecule has 0 atom stereocenters. The Hall–Kier alpha value is -1.40. The van der Waals surface area contributed by atoms with Gasteiger partial charge < -0.3 is 9.15 Å². The third-order valence-corrected chi connectivity index (χ3v) is 3.49. The number of hydrogen-bond donors (Lipinski definition) is 2. The summed E-state index contributed by atoms with van der Waals surface area (Å²) >= 11 is 17.9. The normalized spacial score (nSPS) is 10.5. The smallest absolute Gasteiger partial charge is 0.300 e. The van der Waals surface area contributed by atoms with Crippen LogP contribution in [0.4, 0.5) is 0 Å². The number of carbonyl (C=O) groups excluding carboxylic acids is 1. The van der Waals surface area contributed by atoms with Gasteiger partial charge in [-0.25, -0.2) is 5.84 Å². The van der Waals surface area contributed by atoms with Gasteiger partial charge in [-0.1, -0.05) is 34.8 Å². The average Bonchev–Trinajstić information content (AvgIpc) is 2.78. The van der Waals surface area contributed by atoms with Crippen molar-refractivity contribution in [3.63, 3.8) is 0 Å². The largest absolute Gasteiger partial charge is 0.486 e. The number of benzene rings is 1. The molecule has 0 fully saturated rings. The maximum Gasteiger partial charge on any atom is 0.300 e. The highest BCUT2D eigenvalue weighted by Crippen LogP contribution is 2.36. The Labute approximate surface area is 135 Å². The molecule has 5 nitrogen and oxygen atoms in total. The van der Waals surface area contributed by atoms with E-state index < -0.39 is 5.91 Å². The van der Waals surface area contributed by atoms with Crippen LogP contribution >= 0.6 is 34.8 Å². The van der Waals surface area contributed by atoms with Gasteiger partial charge in [0.25, 0.3) is 0 Å². The zero-order chi connectivity index (χ0) is 15.6. The number of aryl methyl sites for hydroxylation is 1. The lowest BCUT2D eigenvalue weighted by Gasteiger charge is -2.09. The average molecular weight is 350 g/mol. The maximum atomic E-state index is 11.4. The Morgan fingerprint density at radius 3 is 2.48 bits per heavy atom. The van der Waals surface area contributed by atoms with Crippen molar-refractivity contribution in [2.24, 2.45) is 5.84 Å². The molecule has 0 unspecified atom stereocenters. The summed E-state index contributed by atoms with van der Waals surface area (Å²) in [5, 5.41) is 1.01. The Bertz CT molecular complexity index is 662. The van der Waals surface area contributed by atoms with Gasteiger partial charge in [-0.05, 0) is 25.1 Å². The van der Waals surface area contributed by atoms with Gasteiger partial charge in [-0.15, -0.1) is 0 Å². The van der Waals surface area contributed by atoms with Gasteiger partial charge in [-0.3, -0.25) is 10.2 Å². The Balaban J connectivity index is 2.17. The number of hydrogen-bond acceptors (Lipinski definition) is 4. The lowest BCUT2D eigenvalue weighted by molar-refractivity contribution is 0.0924. The summed E-state index contributed by atoms with van der Waals surface area (Å²) in [7, 11) is 0. The summed E-state index contributed by atoms with van der Waals surface area (Å²) in [5.74, 6) is 5.47. The van der Waals surface area contributed by atoms with Gasteiger partial charge in [0.1, 0.15) is 12.4 Å². The van der Waals surface area contributed by atoms with E-state index in [1.807, 2.05) is 5.43 Å². The molecule has 0 spiro atoms. The minimum absolute atomic E-state index is 0.0990. The number of ether oxygens (including phenoxy) is 1. The van der Waals surface area contributed by atoms with Crippen molar-refractivity contribution in [1.82, 2.24) is 5.43 Å². The molecule has 1 aromatic heterocycles. The van der Waals surface area contributed by atoms with Crippen LogP contribution in [0.1, 0.15) is 21.9 Å². The van der Waals surface area contributed by atoms with E-state index in [1.54, 1.807) is 6.92 Å². The SMILES string of the molecule is Cc1oc(C(=O)NN)cc1COc1c(Cl)cc(Cl)cc1Cl. The summed E-state index contributed by atoms with van der Waals surface area (Å²) in [4.78, 5) is 11.4. The number of nitrogen functional groups attached to an aromatic ring is 1. The zero-order valence-corrected chi connectivity index (χ0v) is 13.1. The highest BCUT2D eigenvalue weighted by Gasteiger charge is 2.15. The molecule has 1 heterocycles. The van der Waals surface area contributed by atoms with E-state index in [0.29, 0.717) is 32.1 Å². The molecule has 112 valence electrons. The lowest BCUT2D eigenvalue weighted by atomic mass is 10.2. The second kappa shape index (κ2) is 6.58. The van der Waals surface area contributed by atoms with E-state index in [1.165, 1.54) is 18.2 Å². The minimum atomic E-state index is -0.521. The van der Waals surface area contributed by atoms with Gasteiger partial charge in [-0.2, -0.15) is 0 Å². The number of amides is 1. The number of nitrogens with one attached hydrogen (secondary N) is 1. The molecule has 0 aliphatic heterocycles. The summed E-state index contributed by atoms with van der Waals surface area (Å²) in [6.45, 7) is 1.84. The molecule has 2 rings (SSSR count). The molecule has 0 saturated heterocycles. The number of carbonyl (C=O) groups is 1. The molecule has 3 N–H and O–H groups in total. The Kier molecular flexibility index (Phi) is 5.00. The molecule has 0 bridgehead atoms. The highest BCUT2D eigenvalue weighted by molar-refractivity contribution is 6.40. The minimum Gasteiger partial charge on any atom is -0.486 e. The summed E-state index contributed by atoms with van der Waals surface area (Å²) in [6.07, 6.45) is 0. The van der Waals surface area contributed by atoms with Crippen molar-refractivity contribution in [3.8, 4) is 5.75 Å². The molecule has 1 aromatic carbocycles. The van der Waals surface area contributed by atoms with Crippen molar-refractivity contribution in [3.05, 3.63) is 50.4 Å². The predicted octanol–water partition coefficient (Wildman–Crippen LogP) is 3.73. The number of rotatable bonds is 4. The Morgan fingerprint density at radius 2 is 1.90 bits per heavy atom. The first-order valence-corrected chi connectivity index (χ1v) is 6.93. The fourth-order valence-electron chi connectivity index (χ4n) is 1.66. The van der Waals surface area contributed by atoms with Crippen molar-refractivity contribution in [2.45, 2.75) is 13.5 Å². The fraction of sp³-hybridized carbons (Fsp3) is 0.154. The number of furan rings is 1. The van der Waals surface area contributed by atoms with Crippen LogP contribution < -0.4 is 16.0 Å². The van der Waals surface area contributed by atoms with Crippen molar-refractivity contribution >= 4 is 40.7 Å². The van der Waals surface area contributed by atoms with Gasteiger partial charge in [0.2, 0.25) is 0 Å². The van der Waals surface area contributed by atoms with Crippen molar-refractivity contribution in [2.75, 3.05) is 0 Å². The highest BCUT2D eigenvalue weighted by atomic mass is 35.5. The van der Waals surface area contributed by atoms with Crippen LogP contribution in [0.2, 0.25) is 15.1 Å². The van der Waals surface area contributed by atoms with E-state index in [9.17, 15) is 4.79 Å². The summed E-state index contributed by atoms with van der Waals surface area (Å²) < 4.78 is 10.8. The van der Waals surface area contributed by atoms with Crippen molar-refractivity contribution < 1.29 is 13.9 Å². The van der Waals surface area contributed by atoms with E-state index in [-0.39, 0.29) is 12.4 Å². The summed E-state index contributed by atoms with van der Waals surface area (Å²) in [6, 6.07) is 4.59. The van der Waals surface area contributed by atoms with Crippen LogP contribution in [0.15, 0.2) is 22.6 Å². The van der Waals surface area contributed by atoms with E-state index in [4.69, 9.17) is 49.8 Å². The van der Waals surface area contributed by atoms with Crippen molar-refractivity contribution in [1.29, 1.82) is 0 Å². The second-order valence-electron chi connectivity index (χ2n) is 4.15. The molecule has 8 heteroatoms. The van der Waals surface area contributed by atoms with E-state index in [2.05, 4.69) is 0 Å². The molecule has 2 aromatic rings. The van der Waals surface area contributed by atoms with Gasteiger partial charge in [0.15, 0.2) is 11.5 Å². The predicted molar refractivity (Wildman–Crippen MR) is 80.9 cm³/mol. The lowest BCUT2D eigenvalue weighted by Crippen LogP contribution is -2.29. The second-order valence-corrected chi connectivity index (χ2v) is 5.40. The Morgan fingerprint density at radius 1 is 1.29 bits per heavy atom. The molecule has 1 amide bonds. The summed E-state index contributed by atoms with van der Waals surface area (Å²) in [5.41, 5.74) is 2.67. The van der Waals surface area contributed by atoms with Gasteiger partial charge in [0, 0.05) is 10.6 Å². The van der Waals surface area contributed by atoms with Gasteiger partial charge in [0.05, 0.1) is 10.0 Å². The number of nitrogens with two attached hydrogens (primary N) is 1. The van der Waals surface area contributed by atoms with Crippen LogP contribution in [0.5, 0.6) is 5.75 Å². The van der Waals surface area contributed by atoms with Crippen LogP contribution in [0.25, 0.3) is 0 Å². The molecular formula is C13H11Cl3N2O3. The van der Waals surface area contributed by atoms with E-state index >= 15 is 0 Å². The zero-order valence-electron chi connectivity index (χ0n) is 10.9. The van der Waals surface area contributed by atoms with Crippen LogP contribution in [-0.4, -0.2) is 5.91 Å². The topological polar surface area (TPSA) is 77.5 Å². The molecule has 0 aliphatic rings. The third-order valence-electron chi connectivity index (χ3n) is 2.71. The van der Waals surface area contributed by atoms with E-state index in [0.717, 1.165) is 0 Å². The first-order chi connectivity index (χ1) is 9.92. The molecule has 0 saturated carbocycles. The van der Waals surface area contributed by atoms with Crippen LogP contribution in [-0.2, 0) is 6.61 Å². The van der Waals surface area contributed by atoms with Crippen LogP contribution in [0, 0.1) is 6.92 Å². The third kappa shape index (κ3) is 3.63. The monoisotopic (exact) mass is 348 g/mol. The van der Waals surface area contributed by atoms with Crippen LogP contribution in [0.3, 0.4) is 0 Å². The first-order valence-electron chi connectivity index (χ1n) is 5.80. The fourth-order valence-corrected chi connectivity index (χ4v) is 2.59. The first kappa shape index (κ1) is 16.0. The number of hydrazine groups is 1. The molecule has 21 heavy (non-hydrogen) atoms. The molecule has 0 aliphatic carbocycles. The molecular weight excluding hydrogens is 339 g/mol. The quantitative estimate of drug-likeness (QED) is 0.501. The maximum absolute atomic E-state index is 11.4.